The van der Waals surface area contributed by atoms with Crippen LogP contribution < -0.4 is 10.2 Å². The van der Waals surface area contributed by atoms with E-state index in [4.69, 9.17) is 15.2 Å². The quantitative estimate of drug-likeness (QED) is 0.219. The molecular formula is C38H51N7O5. The molecule has 0 saturated carbocycles. The molecule has 5 heterocycles. The van der Waals surface area contributed by atoms with Crippen molar-refractivity contribution < 1.29 is 24.6 Å². The van der Waals surface area contributed by atoms with E-state index in [0.717, 1.165) is 91.6 Å². The lowest BCUT2D eigenvalue weighted by atomic mass is 9.93. The second-order valence-corrected chi connectivity index (χ2v) is 14.3. The highest BCUT2D eigenvalue weighted by Crippen LogP contribution is 2.32. The Labute approximate surface area is 294 Å². The fourth-order valence-electron chi connectivity index (χ4n) is 7.80. The standard InChI is InChI=1S/C38H51N7O5/c1-26-19-27(2)45(41-26)34-21-30(20-33(23-34)43-15-17-44(18-16-43)35(46)6-3-7-36(47)48)31(22-37(49)50)25-42-14-12-28(24-42)8-10-32-11-9-29-5-4-13-39-38(29)40-32/h9,11,19-21,23,28,31H,3-8,10,12-18,22,24-25H2,1-2H3,(H,39,40)(H,47,48)(H,49,50)/t28-,31+/m1/s1. The molecule has 2 aromatic heterocycles. The number of nitrogens with one attached hydrogen (secondary N) is 1. The van der Waals surface area contributed by atoms with Crippen LogP contribution in [0.4, 0.5) is 11.5 Å². The van der Waals surface area contributed by atoms with Gasteiger partial charge in [-0.05, 0) is 106 Å². The molecule has 1 aromatic carbocycles. The number of piperazine rings is 1. The number of aromatic nitrogens is 3. The summed E-state index contributed by atoms with van der Waals surface area (Å²) in [7, 11) is 0. The molecule has 0 aliphatic carbocycles. The van der Waals surface area contributed by atoms with E-state index in [9.17, 15) is 19.5 Å². The van der Waals surface area contributed by atoms with Crippen molar-refractivity contribution in [3.05, 3.63) is 64.6 Å². The molecule has 0 spiro atoms. The van der Waals surface area contributed by atoms with Gasteiger partial charge in [-0.2, -0.15) is 5.10 Å². The van der Waals surface area contributed by atoms with Gasteiger partial charge in [-0.25, -0.2) is 9.67 Å². The van der Waals surface area contributed by atoms with Gasteiger partial charge in [-0.15, -0.1) is 0 Å². The van der Waals surface area contributed by atoms with E-state index in [1.54, 1.807) is 0 Å². The lowest BCUT2D eigenvalue weighted by molar-refractivity contribution is -0.138. The largest absolute Gasteiger partial charge is 0.481 e. The number of hydrogen-bond donors (Lipinski definition) is 3. The van der Waals surface area contributed by atoms with Gasteiger partial charge in [0.05, 0.1) is 17.8 Å². The van der Waals surface area contributed by atoms with Crippen molar-refractivity contribution in [1.29, 1.82) is 0 Å². The summed E-state index contributed by atoms with van der Waals surface area (Å²) in [5.41, 5.74) is 7.23. The number of aryl methyl sites for hydroxylation is 4. The Morgan fingerprint density at radius 2 is 1.76 bits per heavy atom. The number of hydrogen-bond acceptors (Lipinski definition) is 8. The molecular weight excluding hydrogens is 634 g/mol. The summed E-state index contributed by atoms with van der Waals surface area (Å²) in [6.07, 6.45) is 5.96. The molecule has 1 amide bonds. The maximum atomic E-state index is 12.7. The zero-order valence-corrected chi connectivity index (χ0v) is 29.4. The van der Waals surface area contributed by atoms with E-state index in [0.29, 0.717) is 45.1 Å². The van der Waals surface area contributed by atoms with Crippen LogP contribution in [-0.2, 0) is 27.2 Å². The number of carbonyl (C=O) groups is 3. The number of benzene rings is 1. The van der Waals surface area contributed by atoms with Gasteiger partial charge in [0, 0.05) is 81.6 Å². The molecule has 0 unspecified atom stereocenters. The van der Waals surface area contributed by atoms with Crippen LogP contribution >= 0.6 is 0 Å². The molecule has 0 bridgehead atoms. The lowest BCUT2D eigenvalue weighted by Crippen LogP contribution is -2.48. The maximum absolute atomic E-state index is 12.7. The first-order chi connectivity index (χ1) is 24.1. The second-order valence-electron chi connectivity index (χ2n) is 14.3. The van der Waals surface area contributed by atoms with E-state index < -0.39 is 11.9 Å². The Balaban J connectivity index is 1.15. The van der Waals surface area contributed by atoms with Crippen molar-refractivity contribution >= 4 is 29.4 Å². The van der Waals surface area contributed by atoms with Crippen molar-refractivity contribution in [3.63, 3.8) is 0 Å². The third kappa shape index (κ3) is 9.01. The van der Waals surface area contributed by atoms with Crippen LogP contribution in [0.25, 0.3) is 5.69 Å². The highest BCUT2D eigenvalue weighted by molar-refractivity contribution is 5.77. The van der Waals surface area contributed by atoms with Crippen LogP contribution in [0.5, 0.6) is 0 Å². The Bertz CT molecular complexity index is 1680. The summed E-state index contributed by atoms with van der Waals surface area (Å²) in [5.74, 6) is -0.319. The zero-order chi connectivity index (χ0) is 35.2. The number of carboxylic acids is 2. The minimum atomic E-state index is -0.886. The van der Waals surface area contributed by atoms with Gasteiger partial charge in [0.15, 0.2) is 0 Å². The predicted molar refractivity (Wildman–Crippen MR) is 192 cm³/mol. The van der Waals surface area contributed by atoms with Crippen molar-refractivity contribution in [2.75, 3.05) is 62.6 Å². The zero-order valence-electron chi connectivity index (χ0n) is 29.4. The van der Waals surface area contributed by atoms with Crippen LogP contribution in [0.2, 0.25) is 0 Å². The molecule has 12 heteroatoms. The first kappa shape index (κ1) is 35.4. The van der Waals surface area contributed by atoms with Gasteiger partial charge in [-0.1, -0.05) is 6.07 Å². The number of anilines is 2. The molecule has 6 rings (SSSR count). The van der Waals surface area contributed by atoms with E-state index in [1.807, 2.05) is 29.5 Å². The number of nitrogens with zero attached hydrogens (tertiary/aromatic N) is 6. The molecule has 50 heavy (non-hydrogen) atoms. The van der Waals surface area contributed by atoms with Crippen molar-refractivity contribution in [2.45, 2.75) is 77.6 Å². The average Bonchev–Trinajstić information content (AvgIpc) is 3.70. The third-order valence-corrected chi connectivity index (χ3v) is 10.5. The van der Waals surface area contributed by atoms with Gasteiger partial charge in [-0.3, -0.25) is 14.4 Å². The maximum Gasteiger partial charge on any atom is 0.304 e. The van der Waals surface area contributed by atoms with E-state index in [1.165, 1.54) is 5.56 Å². The molecule has 3 aromatic rings. The molecule has 2 fully saturated rings. The van der Waals surface area contributed by atoms with Crippen LogP contribution in [0.1, 0.15) is 79.1 Å². The molecule has 268 valence electrons. The Morgan fingerprint density at radius 3 is 2.50 bits per heavy atom. The minimum absolute atomic E-state index is 0.00622. The number of carboxylic acid groups (broad SMARTS) is 2. The van der Waals surface area contributed by atoms with Crippen LogP contribution in [0.3, 0.4) is 0 Å². The van der Waals surface area contributed by atoms with Gasteiger partial charge in [0.1, 0.15) is 5.82 Å². The van der Waals surface area contributed by atoms with Gasteiger partial charge < -0.3 is 30.2 Å². The lowest BCUT2D eigenvalue weighted by Gasteiger charge is -2.37. The van der Waals surface area contributed by atoms with Crippen molar-refractivity contribution in [3.8, 4) is 5.69 Å². The number of aliphatic carboxylic acids is 2. The highest BCUT2D eigenvalue weighted by Gasteiger charge is 2.29. The monoisotopic (exact) mass is 685 g/mol. The fraction of sp³-hybridized carbons (Fsp3) is 0.553. The molecule has 2 saturated heterocycles. The van der Waals surface area contributed by atoms with Crippen LogP contribution in [0, 0.1) is 19.8 Å². The minimum Gasteiger partial charge on any atom is -0.481 e. The second kappa shape index (κ2) is 16.1. The third-order valence-electron chi connectivity index (χ3n) is 10.5. The first-order valence-corrected chi connectivity index (χ1v) is 18.2. The summed E-state index contributed by atoms with van der Waals surface area (Å²) in [5, 5.41) is 27.2. The predicted octanol–water partition coefficient (Wildman–Crippen LogP) is 4.66. The number of amides is 1. The molecule has 3 aliphatic rings. The van der Waals surface area contributed by atoms with Gasteiger partial charge in [0.2, 0.25) is 5.91 Å². The van der Waals surface area contributed by atoms with Gasteiger partial charge >= 0.3 is 11.9 Å². The van der Waals surface area contributed by atoms with Crippen LogP contribution in [-0.4, -0.2) is 105 Å². The summed E-state index contributed by atoms with van der Waals surface area (Å²) >= 11 is 0. The van der Waals surface area contributed by atoms with Crippen molar-refractivity contribution in [1.82, 2.24) is 24.6 Å². The Hall–Kier alpha value is -4.45. The Morgan fingerprint density at radius 1 is 0.960 bits per heavy atom. The summed E-state index contributed by atoms with van der Waals surface area (Å²) in [6.45, 7) is 9.93. The Kier molecular flexibility index (Phi) is 11.4. The number of carbonyl (C=O) groups excluding carboxylic acids is 1. The topological polar surface area (TPSA) is 144 Å². The van der Waals surface area contributed by atoms with Crippen LogP contribution in [0.15, 0.2) is 36.4 Å². The number of pyridine rings is 1. The van der Waals surface area contributed by atoms with E-state index in [2.05, 4.69) is 45.4 Å². The number of likely N-dealkylation sites (tertiary alicyclic amines) is 1. The molecule has 3 aliphatic heterocycles. The van der Waals surface area contributed by atoms with Crippen molar-refractivity contribution in [2.24, 2.45) is 5.92 Å². The van der Waals surface area contributed by atoms with E-state index >= 15 is 0 Å². The average molecular weight is 686 g/mol. The number of rotatable bonds is 14. The summed E-state index contributed by atoms with van der Waals surface area (Å²) in [4.78, 5) is 47.3. The van der Waals surface area contributed by atoms with Gasteiger partial charge in [0.25, 0.3) is 0 Å². The van der Waals surface area contributed by atoms with E-state index in [-0.39, 0.29) is 31.1 Å². The fourth-order valence-corrected chi connectivity index (χ4v) is 7.80. The highest BCUT2D eigenvalue weighted by atomic mass is 16.4. The number of fused-ring (bicyclic) bond motifs is 1. The normalized spacial score (nSPS) is 18.5. The summed E-state index contributed by atoms with van der Waals surface area (Å²) < 4.78 is 1.93. The molecule has 2 atom stereocenters. The molecule has 3 N–H and O–H groups in total. The smallest absolute Gasteiger partial charge is 0.304 e. The first-order valence-electron chi connectivity index (χ1n) is 18.2. The SMILES string of the molecule is Cc1cc(C)n(-c2cc([C@@H](CC(=O)O)CN3CC[C@@H](CCc4ccc5c(n4)NCCC5)C3)cc(N3CCN(C(=O)CCCC(=O)O)CC3)c2)n1. The summed E-state index contributed by atoms with van der Waals surface area (Å²) in [6, 6.07) is 12.8. The molecule has 0 radical (unpaired) electrons. The molecule has 12 nitrogen and oxygen atoms in total.